The van der Waals surface area contributed by atoms with E-state index < -0.39 is 0 Å². The molecule has 1 aromatic heterocycles. The predicted octanol–water partition coefficient (Wildman–Crippen LogP) is 7.28. The summed E-state index contributed by atoms with van der Waals surface area (Å²) in [6.45, 7) is 0.545. The third-order valence-electron chi connectivity index (χ3n) is 6.07. The maximum absolute atomic E-state index is 6.20. The van der Waals surface area contributed by atoms with Crippen LogP contribution in [0.25, 0.3) is 43.2 Å². The van der Waals surface area contributed by atoms with Gasteiger partial charge >= 0.3 is 0 Å². The zero-order chi connectivity index (χ0) is 21.5. The Bertz CT molecular complexity index is 1610. The monoisotopic (exact) mass is 415 g/mol. The van der Waals surface area contributed by atoms with Gasteiger partial charge in [-0.15, -0.1) is 0 Å². The number of pyridine rings is 1. The number of benzene rings is 5. The van der Waals surface area contributed by atoms with Crippen molar-refractivity contribution in [3.8, 4) is 11.5 Å². The number of hydrogen-bond donors (Lipinski definition) is 0. The van der Waals surface area contributed by atoms with Crippen LogP contribution in [0.3, 0.4) is 0 Å². The van der Waals surface area contributed by atoms with Crippen LogP contribution in [0.5, 0.6) is 11.5 Å². The van der Waals surface area contributed by atoms with E-state index in [0.29, 0.717) is 6.61 Å². The first-order valence-corrected chi connectivity index (χ1v) is 10.7. The fourth-order valence-corrected chi connectivity index (χ4v) is 4.50. The van der Waals surface area contributed by atoms with E-state index in [4.69, 9.17) is 14.5 Å². The molecule has 6 rings (SSSR count). The van der Waals surface area contributed by atoms with Crippen molar-refractivity contribution in [3.63, 3.8) is 0 Å². The lowest BCUT2D eigenvalue weighted by Gasteiger charge is -2.13. The van der Waals surface area contributed by atoms with Crippen LogP contribution in [-0.2, 0) is 6.61 Å². The van der Waals surface area contributed by atoms with Gasteiger partial charge in [0.2, 0.25) is 0 Å². The van der Waals surface area contributed by atoms with Gasteiger partial charge < -0.3 is 9.47 Å². The van der Waals surface area contributed by atoms with E-state index in [-0.39, 0.29) is 0 Å². The van der Waals surface area contributed by atoms with Gasteiger partial charge in [0.15, 0.2) is 0 Å². The fraction of sp³-hybridized carbons (Fsp3) is 0.0690. The van der Waals surface area contributed by atoms with Crippen molar-refractivity contribution in [2.75, 3.05) is 7.11 Å². The highest BCUT2D eigenvalue weighted by atomic mass is 16.5. The molecule has 32 heavy (non-hydrogen) atoms. The van der Waals surface area contributed by atoms with Crippen LogP contribution in [-0.4, -0.2) is 12.1 Å². The van der Waals surface area contributed by atoms with E-state index in [1.165, 1.54) is 0 Å². The maximum atomic E-state index is 6.20. The number of aromatic nitrogens is 1. The van der Waals surface area contributed by atoms with Gasteiger partial charge in [0.25, 0.3) is 0 Å². The van der Waals surface area contributed by atoms with Crippen molar-refractivity contribution >= 4 is 43.2 Å². The van der Waals surface area contributed by atoms with Crippen molar-refractivity contribution in [1.82, 2.24) is 4.98 Å². The standard InChI is InChI=1S/C29H21NO2/c1-31-27-12-6-10-22-17-30-29-23(28(22)27)14-13-21-15-24-20(16-25(21)29)9-5-11-26(24)32-18-19-7-3-2-4-8-19/h2-17H,18H2,1H3. The molecule has 0 bridgehead atoms. The lowest BCUT2D eigenvalue weighted by molar-refractivity contribution is 0.310. The lowest BCUT2D eigenvalue weighted by Crippen LogP contribution is -1.95. The topological polar surface area (TPSA) is 31.4 Å². The fourth-order valence-electron chi connectivity index (χ4n) is 4.50. The van der Waals surface area contributed by atoms with Crippen LogP contribution in [0.2, 0.25) is 0 Å². The molecule has 5 aromatic carbocycles. The minimum Gasteiger partial charge on any atom is -0.496 e. The third kappa shape index (κ3) is 3.02. The first-order valence-electron chi connectivity index (χ1n) is 10.7. The normalized spacial score (nSPS) is 11.4. The van der Waals surface area contributed by atoms with Crippen molar-refractivity contribution in [2.24, 2.45) is 0 Å². The first-order chi connectivity index (χ1) is 15.8. The van der Waals surface area contributed by atoms with Gasteiger partial charge in [-0.25, -0.2) is 0 Å². The summed E-state index contributed by atoms with van der Waals surface area (Å²) in [6, 6.07) is 31.3. The summed E-state index contributed by atoms with van der Waals surface area (Å²) < 4.78 is 11.9. The van der Waals surface area contributed by atoms with Gasteiger partial charge in [-0.1, -0.05) is 66.7 Å². The van der Waals surface area contributed by atoms with Crippen LogP contribution in [0, 0.1) is 0 Å². The molecule has 0 aliphatic carbocycles. The molecule has 0 fully saturated rings. The third-order valence-corrected chi connectivity index (χ3v) is 6.07. The Labute approximate surface area is 185 Å². The zero-order valence-corrected chi connectivity index (χ0v) is 17.7. The second-order valence-corrected chi connectivity index (χ2v) is 7.97. The average molecular weight is 415 g/mol. The van der Waals surface area contributed by atoms with Gasteiger partial charge in [-0.2, -0.15) is 0 Å². The summed E-state index contributed by atoms with van der Waals surface area (Å²) >= 11 is 0. The highest BCUT2D eigenvalue weighted by molar-refractivity contribution is 6.19. The van der Waals surface area contributed by atoms with E-state index in [0.717, 1.165) is 60.3 Å². The van der Waals surface area contributed by atoms with Gasteiger partial charge in [-0.3, -0.25) is 4.98 Å². The highest BCUT2D eigenvalue weighted by Gasteiger charge is 2.12. The van der Waals surface area contributed by atoms with Crippen LogP contribution in [0.1, 0.15) is 5.56 Å². The first kappa shape index (κ1) is 18.6. The van der Waals surface area contributed by atoms with E-state index in [2.05, 4.69) is 48.5 Å². The SMILES string of the molecule is COc1cccc2cnc3c4cc5cccc(OCc6ccccc6)c5cc4ccc3c12. The Balaban J connectivity index is 1.53. The minimum atomic E-state index is 0.545. The van der Waals surface area contributed by atoms with Crippen molar-refractivity contribution < 1.29 is 9.47 Å². The van der Waals surface area contributed by atoms with Crippen LogP contribution < -0.4 is 9.47 Å². The summed E-state index contributed by atoms with van der Waals surface area (Å²) in [7, 11) is 1.71. The summed E-state index contributed by atoms with van der Waals surface area (Å²) in [5, 5.41) is 7.79. The van der Waals surface area contributed by atoms with Crippen LogP contribution >= 0.6 is 0 Å². The van der Waals surface area contributed by atoms with Crippen molar-refractivity contribution in [3.05, 3.63) is 103 Å². The van der Waals surface area contributed by atoms with E-state index in [1.54, 1.807) is 7.11 Å². The summed E-state index contributed by atoms with van der Waals surface area (Å²) in [6.07, 6.45) is 1.93. The van der Waals surface area contributed by atoms with Crippen LogP contribution in [0.15, 0.2) is 97.2 Å². The minimum absolute atomic E-state index is 0.545. The van der Waals surface area contributed by atoms with Gasteiger partial charge in [0.05, 0.1) is 12.6 Å². The Hall–Kier alpha value is -4.11. The van der Waals surface area contributed by atoms with Gasteiger partial charge in [0.1, 0.15) is 18.1 Å². The largest absolute Gasteiger partial charge is 0.496 e. The molecule has 0 N–H and O–H groups in total. The average Bonchev–Trinajstić information content (AvgIpc) is 2.86. The zero-order valence-electron chi connectivity index (χ0n) is 17.7. The lowest BCUT2D eigenvalue weighted by atomic mass is 9.98. The second kappa shape index (κ2) is 7.54. The summed E-state index contributed by atoms with van der Waals surface area (Å²) in [5.74, 6) is 1.76. The molecular formula is C29H21NO2. The maximum Gasteiger partial charge on any atom is 0.127 e. The Morgan fingerprint density at radius 2 is 1.41 bits per heavy atom. The molecular weight excluding hydrogens is 394 g/mol. The molecule has 154 valence electrons. The molecule has 0 spiro atoms. The smallest absolute Gasteiger partial charge is 0.127 e. The molecule has 0 aliphatic rings. The molecule has 0 saturated carbocycles. The molecule has 0 aliphatic heterocycles. The van der Waals surface area contributed by atoms with E-state index in [1.807, 2.05) is 48.7 Å². The number of fused-ring (bicyclic) bond motifs is 6. The molecule has 0 atom stereocenters. The molecule has 6 aromatic rings. The second-order valence-electron chi connectivity index (χ2n) is 7.97. The molecule has 0 amide bonds. The Morgan fingerprint density at radius 1 is 0.656 bits per heavy atom. The molecule has 1 heterocycles. The van der Waals surface area contributed by atoms with E-state index in [9.17, 15) is 0 Å². The summed E-state index contributed by atoms with van der Waals surface area (Å²) in [5.41, 5.74) is 2.14. The molecule has 0 radical (unpaired) electrons. The molecule has 3 heteroatoms. The van der Waals surface area contributed by atoms with Crippen molar-refractivity contribution in [2.45, 2.75) is 6.61 Å². The number of ether oxygens (including phenoxy) is 2. The molecule has 0 unspecified atom stereocenters. The predicted molar refractivity (Wildman–Crippen MR) is 132 cm³/mol. The van der Waals surface area contributed by atoms with Crippen LogP contribution in [0.4, 0.5) is 0 Å². The summed E-state index contributed by atoms with van der Waals surface area (Å²) in [4.78, 5) is 4.83. The van der Waals surface area contributed by atoms with E-state index >= 15 is 0 Å². The van der Waals surface area contributed by atoms with Gasteiger partial charge in [0, 0.05) is 33.1 Å². The molecule has 0 saturated heterocycles. The number of hydrogen-bond acceptors (Lipinski definition) is 3. The number of methoxy groups -OCH3 is 1. The van der Waals surface area contributed by atoms with Crippen molar-refractivity contribution in [1.29, 1.82) is 0 Å². The Kier molecular flexibility index (Phi) is 4.39. The number of rotatable bonds is 4. The highest BCUT2D eigenvalue weighted by Crippen LogP contribution is 2.37. The Morgan fingerprint density at radius 3 is 2.25 bits per heavy atom. The van der Waals surface area contributed by atoms with Gasteiger partial charge in [-0.05, 0) is 40.6 Å². The quantitative estimate of drug-likeness (QED) is 0.224. The molecule has 3 nitrogen and oxygen atoms in total. The number of nitrogens with zero attached hydrogens (tertiary/aromatic N) is 1.